The molecule has 0 spiro atoms. The molecule has 21 heavy (non-hydrogen) atoms. The van der Waals surface area contributed by atoms with Gasteiger partial charge >= 0.3 is 0 Å². The molecule has 1 aromatic rings. The van der Waals surface area contributed by atoms with Crippen LogP contribution in [0.1, 0.15) is 11.1 Å². The fourth-order valence-corrected chi connectivity index (χ4v) is 2.68. The topological polar surface area (TPSA) is 24.9 Å². The molecule has 118 valence electrons. The Labute approximate surface area is 128 Å². The van der Waals surface area contributed by atoms with E-state index in [1.807, 2.05) is 0 Å². The third kappa shape index (κ3) is 6.14. The standard InChI is InChI=1S/C17H28N2O2/c1-16-4-3-5-17(14-16)15-19-8-6-18(7-9-19)10-11-21-13-12-20-2/h3-5,14H,6-13,15H2,1-2H3. The number of rotatable bonds is 8. The van der Waals surface area contributed by atoms with E-state index in [1.54, 1.807) is 7.11 Å². The van der Waals surface area contributed by atoms with Gasteiger partial charge in [-0.3, -0.25) is 9.80 Å². The minimum absolute atomic E-state index is 0.685. The monoisotopic (exact) mass is 292 g/mol. The summed E-state index contributed by atoms with van der Waals surface area (Å²) in [6, 6.07) is 8.82. The molecule has 0 unspecified atom stereocenters. The van der Waals surface area contributed by atoms with Crippen LogP contribution in [0.4, 0.5) is 0 Å². The van der Waals surface area contributed by atoms with Gasteiger partial charge in [0.15, 0.2) is 0 Å². The maximum atomic E-state index is 5.53. The zero-order valence-corrected chi connectivity index (χ0v) is 13.4. The van der Waals surface area contributed by atoms with Crippen molar-refractivity contribution in [1.82, 2.24) is 9.80 Å². The van der Waals surface area contributed by atoms with Crippen molar-refractivity contribution < 1.29 is 9.47 Å². The molecule has 0 amide bonds. The first-order valence-electron chi connectivity index (χ1n) is 7.85. The van der Waals surface area contributed by atoms with Crippen molar-refractivity contribution in [1.29, 1.82) is 0 Å². The van der Waals surface area contributed by atoms with Gasteiger partial charge in [0.1, 0.15) is 0 Å². The van der Waals surface area contributed by atoms with Gasteiger partial charge in [0.2, 0.25) is 0 Å². The van der Waals surface area contributed by atoms with Crippen LogP contribution in [-0.2, 0) is 16.0 Å². The van der Waals surface area contributed by atoms with E-state index >= 15 is 0 Å². The number of hydrogen-bond donors (Lipinski definition) is 0. The van der Waals surface area contributed by atoms with Crippen LogP contribution in [0.15, 0.2) is 24.3 Å². The van der Waals surface area contributed by atoms with Crippen LogP contribution >= 0.6 is 0 Å². The Morgan fingerprint density at radius 2 is 1.76 bits per heavy atom. The maximum Gasteiger partial charge on any atom is 0.0700 e. The molecule has 1 saturated heterocycles. The van der Waals surface area contributed by atoms with Gasteiger partial charge in [0, 0.05) is 46.4 Å². The van der Waals surface area contributed by atoms with E-state index < -0.39 is 0 Å². The van der Waals surface area contributed by atoms with E-state index in [4.69, 9.17) is 9.47 Å². The Kier molecular flexibility index (Phi) is 7.16. The first-order chi connectivity index (χ1) is 10.3. The van der Waals surface area contributed by atoms with Gasteiger partial charge in [0.25, 0.3) is 0 Å². The highest BCUT2D eigenvalue weighted by Crippen LogP contribution is 2.10. The van der Waals surface area contributed by atoms with Crippen molar-refractivity contribution in [3.05, 3.63) is 35.4 Å². The molecule has 1 fully saturated rings. The predicted molar refractivity (Wildman–Crippen MR) is 85.6 cm³/mol. The first kappa shape index (κ1) is 16.4. The summed E-state index contributed by atoms with van der Waals surface area (Å²) in [4.78, 5) is 5.02. The third-order valence-electron chi connectivity index (χ3n) is 3.94. The number of piperazine rings is 1. The van der Waals surface area contributed by atoms with Crippen molar-refractivity contribution in [2.24, 2.45) is 0 Å². The summed E-state index contributed by atoms with van der Waals surface area (Å²) in [5.74, 6) is 0. The van der Waals surface area contributed by atoms with Gasteiger partial charge in [-0.2, -0.15) is 0 Å². The SMILES string of the molecule is COCCOCCN1CCN(Cc2cccc(C)c2)CC1. The molecule has 2 rings (SSSR count). The van der Waals surface area contributed by atoms with Crippen molar-refractivity contribution in [2.75, 3.05) is 59.7 Å². The number of aryl methyl sites for hydroxylation is 1. The summed E-state index contributed by atoms with van der Waals surface area (Å²) >= 11 is 0. The van der Waals surface area contributed by atoms with Crippen molar-refractivity contribution in [2.45, 2.75) is 13.5 Å². The number of nitrogens with zero attached hydrogens (tertiary/aromatic N) is 2. The fourth-order valence-electron chi connectivity index (χ4n) is 2.68. The Balaban J connectivity index is 1.62. The quantitative estimate of drug-likeness (QED) is 0.682. The fraction of sp³-hybridized carbons (Fsp3) is 0.647. The van der Waals surface area contributed by atoms with Crippen LogP contribution in [-0.4, -0.2) is 69.5 Å². The maximum absolute atomic E-state index is 5.53. The molecule has 1 heterocycles. The summed E-state index contributed by atoms with van der Waals surface area (Å²) in [6.07, 6.45) is 0. The zero-order chi connectivity index (χ0) is 14.9. The second-order valence-electron chi connectivity index (χ2n) is 5.71. The summed E-state index contributed by atoms with van der Waals surface area (Å²) < 4.78 is 10.5. The van der Waals surface area contributed by atoms with E-state index in [1.165, 1.54) is 11.1 Å². The van der Waals surface area contributed by atoms with Gasteiger partial charge in [-0.1, -0.05) is 29.8 Å². The molecule has 0 saturated carbocycles. The molecule has 1 aliphatic rings. The smallest absolute Gasteiger partial charge is 0.0700 e. The average molecular weight is 292 g/mol. The molecule has 1 aromatic carbocycles. The van der Waals surface area contributed by atoms with Crippen LogP contribution in [0.3, 0.4) is 0 Å². The van der Waals surface area contributed by atoms with Crippen molar-refractivity contribution >= 4 is 0 Å². The van der Waals surface area contributed by atoms with Gasteiger partial charge in [-0.15, -0.1) is 0 Å². The summed E-state index contributed by atoms with van der Waals surface area (Å²) in [6.45, 7) is 11.0. The van der Waals surface area contributed by atoms with Crippen LogP contribution in [0.5, 0.6) is 0 Å². The van der Waals surface area contributed by atoms with Gasteiger partial charge in [0.05, 0.1) is 19.8 Å². The molecule has 0 radical (unpaired) electrons. The molecule has 4 heteroatoms. The molecule has 0 bridgehead atoms. The van der Waals surface area contributed by atoms with Crippen molar-refractivity contribution in [3.8, 4) is 0 Å². The Hall–Kier alpha value is -0.940. The average Bonchev–Trinajstić information content (AvgIpc) is 2.49. The van der Waals surface area contributed by atoms with Gasteiger partial charge < -0.3 is 9.47 Å². The lowest BCUT2D eigenvalue weighted by atomic mass is 10.1. The van der Waals surface area contributed by atoms with Gasteiger partial charge in [-0.05, 0) is 12.5 Å². The molecular formula is C17H28N2O2. The highest BCUT2D eigenvalue weighted by Gasteiger charge is 2.16. The van der Waals surface area contributed by atoms with E-state index in [-0.39, 0.29) is 0 Å². The number of hydrogen-bond acceptors (Lipinski definition) is 4. The molecule has 0 aromatic heterocycles. The summed E-state index contributed by atoms with van der Waals surface area (Å²) in [5, 5.41) is 0. The highest BCUT2D eigenvalue weighted by molar-refractivity contribution is 5.22. The lowest BCUT2D eigenvalue weighted by Crippen LogP contribution is -2.46. The van der Waals surface area contributed by atoms with Crippen molar-refractivity contribution in [3.63, 3.8) is 0 Å². The molecule has 1 aliphatic heterocycles. The normalized spacial score (nSPS) is 17.2. The van der Waals surface area contributed by atoms with Gasteiger partial charge in [-0.25, -0.2) is 0 Å². The second-order valence-corrected chi connectivity index (χ2v) is 5.71. The van der Waals surface area contributed by atoms with E-state index in [2.05, 4.69) is 41.0 Å². The third-order valence-corrected chi connectivity index (χ3v) is 3.94. The van der Waals surface area contributed by atoms with E-state index in [0.29, 0.717) is 13.2 Å². The van der Waals surface area contributed by atoms with Crippen LogP contribution < -0.4 is 0 Å². The minimum atomic E-state index is 0.685. The zero-order valence-electron chi connectivity index (χ0n) is 13.4. The number of ether oxygens (including phenoxy) is 2. The molecule has 0 N–H and O–H groups in total. The second kappa shape index (κ2) is 9.15. The lowest BCUT2D eigenvalue weighted by molar-refractivity contribution is 0.0453. The van der Waals surface area contributed by atoms with E-state index in [0.717, 1.165) is 45.9 Å². The highest BCUT2D eigenvalue weighted by atomic mass is 16.5. The molecule has 0 aliphatic carbocycles. The molecule has 0 atom stereocenters. The Bertz CT molecular complexity index is 404. The Morgan fingerprint density at radius 1 is 1.00 bits per heavy atom. The first-order valence-corrected chi connectivity index (χ1v) is 7.85. The van der Waals surface area contributed by atoms with Crippen LogP contribution in [0, 0.1) is 6.92 Å². The van der Waals surface area contributed by atoms with Crippen LogP contribution in [0.2, 0.25) is 0 Å². The number of benzene rings is 1. The number of methoxy groups -OCH3 is 1. The largest absolute Gasteiger partial charge is 0.382 e. The lowest BCUT2D eigenvalue weighted by Gasteiger charge is -2.34. The molecular weight excluding hydrogens is 264 g/mol. The summed E-state index contributed by atoms with van der Waals surface area (Å²) in [7, 11) is 1.71. The minimum Gasteiger partial charge on any atom is -0.382 e. The van der Waals surface area contributed by atoms with Crippen LogP contribution in [0.25, 0.3) is 0 Å². The van der Waals surface area contributed by atoms with E-state index in [9.17, 15) is 0 Å². The predicted octanol–water partition coefficient (Wildman–Crippen LogP) is 1.78. The summed E-state index contributed by atoms with van der Waals surface area (Å²) in [5.41, 5.74) is 2.77. The Morgan fingerprint density at radius 3 is 2.48 bits per heavy atom. The molecule has 4 nitrogen and oxygen atoms in total.